The molecule has 4 N–H and O–H groups in total. The van der Waals surface area contributed by atoms with Gasteiger partial charge in [-0.25, -0.2) is 22.7 Å². The summed E-state index contributed by atoms with van der Waals surface area (Å²) < 4.78 is 35.2. The average Bonchev–Trinajstić information content (AvgIpc) is 3.50. The number of hydrogen-bond acceptors (Lipinski definition) is 8. The van der Waals surface area contributed by atoms with Crippen molar-refractivity contribution in [2.75, 3.05) is 18.9 Å². The molecule has 2 aliphatic rings. The SMILES string of the molecule is CN(CCCC/C=C\OC(=O)NS(=O)(=O)C1(C)CC1)C(=O)[C@@H]1C[C@H](OC(=O)Nc2cccc(Cl)c2)CC1C(N)=O. The Labute approximate surface area is 238 Å². The number of sulfonamides is 1. The summed E-state index contributed by atoms with van der Waals surface area (Å²) in [4.78, 5) is 50.6. The van der Waals surface area contributed by atoms with Gasteiger partial charge in [-0.15, -0.1) is 0 Å². The van der Waals surface area contributed by atoms with Gasteiger partial charge >= 0.3 is 12.2 Å². The van der Waals surface area contributed by atoms with Gasteiger partial charge in [0.05, 0.1) is 22.8 Å². The van der Waals surface area contributed by atoms with E-state index < -0.39 is 50.8 Å². The van der Waals surface area contributed by atoms with E-state index in [0.717, 1.165) is 6.26 Å². The van der Waals surface area contributed by atoms with Gasteiger partial charge in [0.2, 0.25) is 21.8 Å². The predicted octanol–water partition coefficient (Wildman–Crippen LogP) is 3.52. The molecule has 0 spiro atoms. The first-order valence-corrected chi connectivity index (χ1v) is 14.8. The zero-order chi connectivity index (χ0) is 29.5. The third-order valence-electron chi connectivity index (χ3n) is 7.13. The zero-order valence-electron chi connectivity index (χ0n) is 22.4. The maximum atomic E-state index is 13.1. The summed E-state index contributed by atoms with van der Waals surface area (Å²) in [5.74, 6) is -2.34. The lowest BCUT2D eigenvalue weighted by atomic mass is 9.94. The monoisotopic (exact) mass is 598 g/mol. The van der Waals surface area contributed by atoms with E-state index in [-0.39, 0.29) is 18.7 Å². The highest BCUT2D eigenvalue weighted by Crippen LogP contribution is 2.42. The number of unbranched alkanes of at least 4 members (excludes halogenated alkanes) is 2. The molecule has 0 saturated heterocycles. The fourth-order valence-electron chi connectivity index (χ4n) is 4.42. The molecule has 1 unspecified atom stereocenters. The molecule has 1 aromatic carbocycles. The van der Waals surface area contributed by atoms with Crippen LogP contribution in [0.4, 0.5) is 15.3 Å². The Morgan fingerprint density at radius 1 is 1.15 bits per heavy atom. The Kier molecular flexibility index (Phi) is 10.4. The first-order valence-electron chi connectivity index (χ1n) is 13.0. The van der Waals surface area contributed by atoms with Gasteiger partial charge in [0.1, 0.15) is 6.10 Å². The lowest BCUT2D eigenvalue weighted by Crippen LogP contribution is -2.39. The number of nitrogens with two attached hydrogens (primary N) is 1. The molecule has 1 aromatic rings. The van der Waals surface area contributed by atoms with Gasteiger partial charge in [-0.3, -0.25) is 14.9 Å². The maximum Gasteiger partial charge on any atom is 0.425 e. The first kappa shape index (κ1) is 31.2. The van der Waals surface area contributed by atoms with E-state index in [4.69, 9.17) is 26.8 Å². The van der Waals surface area contributed by atoms with Gasteiger partial charge in [-0.2, -0.15) is 0 Å². The smallest absolute Gasteiger partial charge is 0.425 e. The molecule has 14 heteroatoms. The molecule has 220 valence electrons. The molecule has 2 aliphatic carbocycles. The summed E-state index contributed by atoms with van der Waals surface area (Å²) >= 11 is 5.92. The maximum absolute atomic E-state index is 13.1. The second kappa shape index (κ2) is 13.4. The van der Waals surface area contributed by atoms with Gasteiger partial charge in [0, 0.05) is 24.3 Å². The fourth-order valence-corrected chi connectivity index (χ4v) is 5.77. The van der Waals surface area contributed by atoms with Crippen LogP contribution in [0.5, 0.6) is 0 Å². The Bertz CT molecular complexity index is 1250. The van der Waals surface area contributed by atoms with Gasteiger partial charge in [-0.1, -0.05) is 17.7 Å². The van der Waals surface area contributed by atoms with Crippen molar-refractivity contribution in [2.24, 2.45) is 17.6 Å². The van der Waals surface area contributed by atoms with E-state index in [0.29, 0.717) is 49.4 Å². The lowest BCUT2D eigenvalue weighted by Gasteiger charge is -2.23. The van der Waals surface area contributed by atoms with Crippen LogP contribution in [0.1, 0.15) is 51.9 Å². The van der Waals surface area contributed by atoms with Crippen LogP contribution in [0.3, 0.4) is 0 Å². The van der Waals surface area contributed by atoms with E-state index in [1.807, 2.05) is 4.72 Å². The minimum Gasteiger partial charge on any atom is -0.446 e. The first-order chi connectivity index (χ1) is 18.8. The number of allylic oxidation sites excluding steroid dienone is 1. The van der Waals surface area contributed by atoms with E-state index >= 15 is 0 Å². The highest BCUT2D eigenvalue weighted by atomic mass is 35.5. The van der Waals surface area contributed by atoms with Crippen LogP contribution >= 0.6 is 11.6 Å². The van der Waals surface area contributed by atoms with Crippen molar-refractivity contribution in [1.29, 1.82) is 0 Å². The quantitative estimate of drug-likeness (QED) is 0.242. The molecule has 0 aromatic heterocycles. The van der Waals surface area contributed by atoms with Crippen molar-refractivity contribution < 1.29 is 37.1 Å². The number of halogens is 1. The molecular weight excluding hydrogens is 564 g/mol. The number of carbonyl (C=O) groups is 4. The normalized spacial score (nSPS) is 21.4. The second-order valence-electron chi connectivity index (χ2n) is 10.3. The third kappa shape index (κ3) is 8.59. The van der Waals surface area contributed by atoms with Crippen molar-refractivity contribution in [2.45, 2.75) is 62.7 Å². The van der Waals surface area contributed by atoms with E-state index in [9.17, 15) is 27.6 Å². The molecule has 40 heavy (non-hydrogen) atoms. The molecule has 3 atom stereocenters. The van der Waals surface area contributed by atoms with Gasteiger partial charge in [-0.05, 0) is 76.1 Å². The van der Waals surface area contributed by atoms with E-state index in [1.165, 1.54) is 4.90 Å². The summed E-state index contributed by atoms with van der Waals surface area (Å²) in [6, 6.07) is 6.55. The molecule has 0 radical (unpaired) electrons. The molecule has 2 saturated carbocycles. The number of ether oxygens (including phenoxy) is 2. The topological polar surface area (TPSA) is 174 Å². The van der Waals surface area contributed by atoms with Crippen LogP contribution in [0, 0.1) is 11.8 Å². The summed E-state index contributed by atoms with van der Waals surface area (Å²) in [7, 11) is -2.12. The standard InChI is InChI=1S/C26H35ClN4O8S/c1-26(10-11-26)40(36,37)30-25(35)38-13-6-4-3-5-12-31(2)23(33)21-16-19(15-20(21)22(28)32)39-24(34)29-18-9-7-8-17(27)14-18/h6-9,13-14,19-21H,3-5,10-12,15-16H2,1-2H3,(H2,28,32)(H,29,34)(H,30,35)/b13-6-/t19-,20?,21-/m1/s1. The number of carbonyl (C=O) groups excluding carboxylic acids is 4. The van der Waals surface area contributed by atoms with Crippen LogP contribution < -0.4 is 15.8 Å². The largest absolute Gasteiger partial charge is 0.446 e. The molecule has 0 bridgehead atoms. The third-order valence-corrected chi connectivity index (χ3v) is 9.51. The number of hydrogen-bond donors (Lipinski definition) is 3. The van der Waals surface area contributed by atoms with E-state index in [1.54, 1.807) is 44.3 Å². The molecule has 2 fully saturated rings. The second-order valence-corrected chi connectivity index (χ2v) is 13.0. The summed E-state index contributed by atoms with van der Waals surface area (Å²) in [5, 5.41) is 3.02. The van der Waals surface area contributed by atoms with Crippen molar-refractivity contribution in [1.82, 2.24) is 9.62 Å². The van der Waals surface area contributed by atoms with Crippen LogP contribution in [0.25, 0.3) is 0 Å². The fraction of sp³-hybridized carbons (Fsp3) is 0.538. The highest BCUT2D eigenvalue weighted by molar-refractivity contribution is 7.91. The Morgan fingerprint density at radius 3 is 2.50 bits per heavy atom. The minimum atomic E-state index is -3.75. The molecule has 12 nitrogen and oxygen atoms in total. The average molecular weight is 599 g/mol. The van der Waals surface area contributed by atoms with Gasteiger partial charge < -0.3 is 20.1 Å². The number of primary amides is 1. The Hall–Kier alpha value is -3.32. The minimum absolute atomic E-state index is 0.154. The lowest BCUT2D eigenvalue weighted by molar-refractivity contribution is -0.139. The molecule has 4 amide bonds. The zero-order valence-corrected chi connectivity index (χ0v) is 24.0. The Balaban J connectivity index is 1.38. The predicted molar refractivity (Wildman–Crippen MR) is 148 cm³/mol. The summed E-state index contributed by atoms with van der Waals surface area (Å²) in [5.41, 5.74) is 6.00. The van der Waals surface area contributed by atoms with Crippen LogP contribution in [0.15, 0.2) is 36.6 Å². The van der Waals surface area contributed by atoms with Crippen LogP contribution in [-0.4, -0.2) is 61.8 Å². The Morgan fingerprint density at radius 2 is 1.85 bits per heavy atom. The number of anilines is 1. The summed E-state index contributed by atoms with van der Waals surface area (Å²) in [6.07, 6.45) is 3.45. The molecule has 3 rings (SSSR count). The van der Waals surface area contributed by atoms with Crippen molar-refractivity contribution in [3.63, 3.8) is 0 Å². The molecule has 0 aliphatic heterocycles. The number of rotatable bonds is 12. The highest BCUT2D eigenvalue weighted by Gasteiger charge is 2.51. The number of amides is 4. The number of benzene rings is 1. The number of nitrogens with zero attached hydrogens (tertiary/aromatic N) is 1. The van der Waals surface area contributed by atoms with Crippen molar-refractivity contribution >= 4 is 51.3 Å². The van der Waals surface area contributed by atoms with Crippen LogP contribution in [0.2, 0.25) is 5.02 Å². The van der Waals surface area contributed by atoms with Crippen molar-refractivity contribution in [3.8, 4) is 0 Å². The molecular formula is C26H35ClN4O8S. The summed E-state index contributed by atoms with van der Waals surface area (Å²) in [6.45, 7) is 1.98. The van der Waals surface area contributed by atoms with Gasteiger partial charge in [0.25, 0.3) is 0 Å². The molecule has 0 heterocycles. The number of nitrogens with one attached hydrogen (secondary N) is 2. The van der Waals surface area contributed by atoms with Crippen LogP contribution in [-0.2, 0) is 29.1 Å². The van der Waals surface area contributed by atoms with Crippen molar-refractivity contribution in [3.05, 3.63) is 41.6 Å². The van der Waals surface area contributed by atoms with Gasteiger partial charge in [0.15, 0.2) is 0 Å². The van der Waals surface area contributed by atoms with E-state index in [2.05, 4.69) is 5.32 Å².